The second-order valence-corrected chi connectivity index (χ2v) is 4.07. The fraction of sp³-hybridized carbons (Fsp3) is 0.417. The lowest BCUT2D eigenvalue weighted by Crippen LogP contribution is -2.40. The van der Waals surface area contributed by atoms with E-state index in [1.807, 2.05) is 13.8 Å². The molecule has 0 fully saturated rings. The highest BCUT2D eigenvalue weighted by molar-refractivity contribution is 5.85. The summed E-state index contributed by atoms with van der Waals surface area (Å²) in [6.07, 6.45) is 0. The number of hydrogen-bond donors (Lipinski definition) is 2. The van der Waals surface area contributed by atoms with Crippen molar-refractivity contribution in [2.24, 2.45) is 5.92 Å². The second-order valence-electron chi connectivity index (χ2n) is 4.07. The van der Waals surface area contributed by atoms with Crippen LogP contribution in [0.25, 0.3) is 0 Å². The van der Waals surface area contributed by atoms with Gasteiger partial charge in [-0.05, 0) is 23.6 Å². The minimum atomic E-state index is -0.864. The number of benzene rings is 1. The van der Waals surface area contributed by atoms with Gasteiger partial charge in [0.15, 0.2) is 0 Å². The van der Waals surface area contributed by atoms with Crippen LogP contribution in [-0.4, -0.2) is 17.1 Å². The Balaban J connectivity index is 0.00000256. The molecule has 1 rings (SSSR count). The summed E-state index contributed by atoms with van der Waals surface area (Å²) in [7, 11) is 0. The summed E-state index contributed by atoms with van der Waals surface area (Å²) in [5, 5.41) is 11.9. The summed E-state index contributed by atoms with van der Waals surface area (Å²) in [4.78, 5) is 10.9. The molecule has 0 saturated carbocycles. The van der Waals surface area contributed by atoms with Crippen molar-refractivity contribution < 1.29 is 14.3 Å². The Morgan fingerprint density at radius 3 is 2.29 bits per heavy atom. The van der Waals surface area contributed by atoms with E-state index in [1.165, 1.54) is 12.1 Å². The highest BCUT2D eigenvalue weighted by Crippen LogP contribution is 2.06. The molecule has 1 aromatic rings. The maximum Gasteiger partial charge on any atom is 0.320 e. The Labute approximate surface area is 106 Å². The van der Waals surface area contributed by atoms with Gasteiger partial charge in [-0.1, -0.05) is 26.0 Å². The summed E-state index contributed by atoms with van der Waals surface area (Å²) in [6.45, 7) is 4.11. The van der Waals surface area contributed by atoms with E-state index < -0.39 is 12.0 Å². The minimum Gasteiger partial charge on any atom is -0.480 e. The van der Waals surface area contributed by atoms with Crippen molar-refractivity contribution in [3.63, 3.8) is 0 Å². The maximum absolute atomic E-state index is 12.6. The number of rotatable bonds is 5. The van der Waals surface area contributed by atoms with E-state index >= 15 is 0 Å². The average Bonchev–Trinajstić information content (AvgIpc) is 2.20. The highest BCUT2D eigenvalue weighted by Gasteiger charge is 2.20. The first-order valence-electron chi connectivity index (χ1n) is 5.21. The Hall–Kier alpha value is -1.13. The van der Waals surface area contributed by atoms with Gasteiger partial charge >= 0.3 is 5.97 Å². The lowest BCUT2D eigenvalue weighted by molar-refractivity contribution is -0.140. The van der Waals surface area contributed by atoms with Crippen LogP contribution in [0.4, 0.5) is 4.39 Å². The van der Waals surface area contributed by atoms with Crippen molar-refractivity contribution in [3.05, 3.63) is 35.6 Å². The average molecular weight is 262 g/mol. The van der Waals surface area contributed by atoms with Crippen molar-refractivity contribution in [1.82, 2.24) is 5.32 Å². The van der Waals surface area contributed by atoms with E-state index in [4.69, 9.17) is 5.11 Å². The Morgan fingerprint density at radius 1 is 1.35 bits per heavy atom. The lowest BCUT2D eigenvalue weighted by Gasteiger charge is -2.17. The van der Waals surface area contributed by atoms with Crippen LogP contribution in [0.2, 0.25) is 0 Å². The van der Waals surface area contributed by atoms with Gasteiger partial charge in [-0.2, -0.15) is 0 Å². The van der Waals surface area contributed by atoms with Crippen LogP contribution >= 0.6 is 12.4 Å². The number of aliphatic carboxylic acids is 1. The molecule has 0 aromatic heterocycles. The van der Waals surface area contributed by atoms with Crippen LogP contribution in [0.5, 0.6) is 0 Å². The predicted octanol–water partition coefficient (Wildman–Crippen LogP) is 2.45. The zero-order valence-corrected chi connectivity index (χ0v) is 10.6. The molecule has 0 spiro atoms. The lowest BCUT2D eigenvalue weighted by atomic mass is 10.0. The van der Waals surface area contributed by atoms with Crippen molar-refractivity contribution in [3.8, 4) is 0 Å². The molecule has 2 N–H and O–H groups in total. The second kappa shape index (κ2) is 7.25. The quantitative estimate of drug-likeness (QED) is 0.856. The van der Waals surface area contributed by atoms with Gasteiger partial charge in [0, 0.05) is 6.54 Å². The van der Waals surface area contributed by atoms with Gasteiger partial charge in [-0.3, -0.25) is 4.79 Å². The van der Waals surface area contributed by atoms with Crippen LogP contribution in [0.1, 0.15) is 19.4 Å². The third kappa shape index (κ3) is 5.15. The van der Waals surface area contributed by atoms with Gasteiger partial charge < -0.3 is 10.4 Å². The molecule has 1 atom stereocenters. The predicted molar refractivity (Wildman–Crippen MR) is 66.7 cm³/mol. The highest BCUT2D eigenvalue weighted by atomic mass is 35.5. The molecule has 1 aromatic carbocycles. The molecule has 3 nitrogen and oxygen atoms in total. The van der Waals surface area contributed by atoms with Crippen LogP contribution in [0, 0.1) is 11.7 Å². The third-order valence-electron chi connectivity index (χ3n) is 2.37. The molecule has 96 valence electrons. The SMILES string of the molecule is CC(C)[C@H](NCc1ccc(F)cc1)C(=O)O.Cl. The Kier molecular flexibility index (Phi) is 6.76. The molecule has 0 saturated heterocycles. The monoisotopic (exact) mass is 261 g/mol. The van der Waals surface area contributed by atoms with E-state index in [0.29, 0.717) is 6.54 Å². The fourth-order valence-electron chi connectivity index (χ4n) is 1.44. The van der Waals surface area contributed by atoms with Crippen LogP contribution in [-0.2, 0) is 11.3 Å². The largest absolute Gasteiger partial charge is 0.480 e. The standard InChI is InChI=1S/C12H16FNO2.ClH/c1-8(2)11(12(15)16)14-7-9-3-5-10(13)6-4-9;/h3-6,8,11,14H,7H2,1-2H3,(H,15,16);1H/t11-;/m0./s1. The van der Waals surface area contributed by atoms with Crippen LogP contribution in [0.3, 0.4) is 0 Å². The molecule has 0 bridgehead atoms. The molecule has 0 unspecified atom stereocenters. The molecule has 0 aliphatic carbocycles. The number of carbonyl (C=O) groups is 1. The minimum absolute atomic E-state index is 0. The molecule has 17 heavy (non-hydrogen) atoms. The zero-order valence-electron chi connectivity index (χ0n) is 9.81. The van der Waals surface area contributed by atoms with E-state index in [-0.39, 0.29) is 24.1 Å². The molecule has 0 aliphatic heterocycles. The van der Waals surface area contributed by atoms with Crippen LogP contribution < -0.4 is 5.32 Å². The molecule has 5 heteroatoms. The van der Waals surface area contributed by atoms with Crippen molar-refractivity contribution in [1.29, 1.82) is 0 Å². The molecular weight excluding hydrogens is 245 g/mol. The van der Waals surface area contributed by atoms with Gasteiger partial charge in [0.2, 0.25) is 0 Å². The number of halogens is 2. The van der Waals surface area contributed by atoms with E-state index in [9.17, 15) is 9.18 Å². The number of nitrogens with one attached hydrogen (secondary N) is 1. The van der Waals surface area contributed by atoms with E-state index in [0.717, 1.165) is 5.56 Å². The summed E-state index contributed by atoms with van der Waals surface area (Å²) >= 11 is 0. The molecule has 0 aliphatic rings. The summed E-state index contributed by atoms with van der Waals surface area (Å²) < 4.78 is 12.6. The Morgan fingerprint density at radius 2 is 1.88 bits per heavy atom. The first kappa shape index (κ1) is 15.9. The van der Waals surface area contributed by atoms with Gasteiger partial charge in [-0.15, -0.1) is 12.4 Å². The summed E-state index contributed by atoms with van der Waals surface area (Å²) in [5.41, 5.74) is 0.869. The van der Waals surface area contributed by atoms with E-state index in [1.54, 1.807) is 12.1 Å². The smallest absolute Gasteiger partial charge is 0.320 e. The fourth-order valence-corrected chi connectivity index (χ4v) is 1.44. The normalized spacial score (nSPS) is 12.0. The summed E-state index contributed by atoms with van der Waals surface area (Å²) in [5.74, 6) is -1.14. The first-order chi connectivity index (χ1) is 7.50. The zero-order chi connectivity index (χ0) is 12.1. The first-order valence-corrected chi connectivity index (χ1v) is 5.21. The maximum atomic E-state index is 12.6. The molecule has 0 amide bonds. The van der Waals surface area contributed by atoms with Crippen molar-refractivity contribution in [2.45, 2.75) is 26.4 Å². The van der Waals surface area contributed by atoms with Crippen molar-refractivity contribution in [2.75, 3.05) is 0 Å². The topological polar surface area (TPSA) is 49.3 Å². The third-order valence-corrected chi connectivity index (χ3v) is 2.37. The van der Waals surface area contributed by atoms with Crippen molar-refractivity contribution >= 4 is 18.4 Å². The number of hydrogen-bond acceptors (Lipinski definition) is 2. The molecule has 0 heterocycles. The Bertz CT molecular complexity index is 354. The van der Waals surface area contributed by atoms with E-state index in [2.05, 4.69) is 5.32 Å². The molecular formula is C12H17ClFNO2. The molecule has 0 radical (unpaired) electrons. The van der Waals surface area contributed by atoms with Gasteiger partial charge in [0.05, 0.1) is 0 Å². The van der Waals surface area contributed by atoms with Gasteiger partial charge in [0.1, 0.15) is 11.9 Å². The van der Waals surface area contributed by atoms with Crippen LogP contribution in [0.15, 0.2) is 24.3 Å². The van der Waals surface area contributed by atoms with Gasteiger partial charge in [0.25, 0.3) is 0 Å². The summed E-state index contributed by atoms with van der Waals surface area (Å²) in [6, 6.07) is 5.43. The number of carboxylic acids is 1. The number of carboxylic acid groups (broad SMARTS) is 1. The van der Waals surface area contributed by atoms with Gasteiger partial charge in [-0.25, -0.2) is 4.39 Å².